The Morgan fingerprint density at radius 2 is 2.06 bits per heavy atom. The van der Waals surface area contributed by atoms with E-state index in [0.29, 0.717) is 12.6 Å². The highest BCUT2D eigenvalue weighted by Gasteiger charge is 2.05. The highest BCUT2D eigenvalue weighted by molar-refractivity contribution is 14.0. The van der Waals surface area contributed by atoms with Gasteiger partial charge in [-0.15, -0.1) is 24.0 Å². The summed E-state index contributed by atoms with van der Waals surface area (Å²) in [5.41, 5.74) is 1.14. The Bertz CT molecular complexity index is 386. The predicted octanol–water partition coefficient (Wildman–Crippen LogP) is 2.98. The van der Waals surface area contributed by atoms with Gasteiger partial charge in [0, 0.05) is 18.2 Å². The fourth-order valence-electron chi connectivity index (χ4n) is 1.60. The summed E-state index contributed by atoms with van der Waals surface area (Å²) in [6, 6.07) is 2.41. The van der Waals surface area contributed by atoms with Gasteiger partial charge in [0.2, 0.25) is 0 Å². The molecule has 0 amide bonds. The van der Waals surface area contributed by atoms with Gasteiger partial charge in [0.25, 0.3) is 0 Å². The topological polar surface area (TPSA) is 49.6 Å². The van der Waals surface area contributed by atoms with Crippen LogP contribution in [0, 0.1) is 13.8 Å². The van der Waals surface area contributed by atoms with Gasteiger partial charge in [-0.2, -0.15) is 0 Å². The quantitative estimate of drug-likeness (QED) is 0.490. The van der Waals surface area contributed by atoms with E-state index in [-0.39, 0.29) is 24.0 Å². The van der Waals surface area contributed by atoms with Gasteiger partial charge < -0.3 is 15.1 Å². The third-order valence-corrected chi connectivity index (χ3v) is 2.32. The third kappa shape index (κ3) is 5.75. The molecule has 104 valence electrons. The lowest BCUT2D eigenvalue weighted by Gasteiger charge is -2.13. The average molecular weight is 365 g/mol. The van der Waals surface area contributed by atoms with Gasteiger partial charge in [-0.05, 0) is 40.7 Å². The maximum atomic E-state index is 5.48. The molecule has 18 heavy (non-hydrogen) atoms. The van der Waals surface area contributed by atoms with E-state index in [4.69, 9.17) is 4.42 Å². The Morgan fingerprint density at radius 1 is 1.39 bits per heavy atom. The molecule has 0 saturated heterocycles. The first-order valence-electron chi connectivity index (χ1n) is 6.13. The molecule has 0 aliphatic rings. The van der Waals surface area contributed by atoms with Crippen molar-refractivity contribution in [3.05, 3.63) is 23.2 Å². The van der Waals surface area contributed by atoms with Gasteiger partial charge in [0.1, 0.15) is 11.5 Å². The molecule has 0 saturated carbocycles. The SMILES string of the molecule is CCNC(=NCc1cc(C)oc1C)NC(C)C.I. The van der Waals surface area contributed by atoms with Gasteiger partial charge in [0.15, 0.2) is 5.96 Å². The Hall–Kier alpha value is -0.720. The van der Waals surface area contributed by atoms with Crippen LogP contribution in [0.15, 0.2) is 15.5 Å². The smallest absolute Gasteiger partial charge is 0.191 e. The van der Waals surface area contributed by atoms with Crippen molar-refractivity contribution in [2.45, 2.75) is 47.2 Å². The van der Waals surface area contributed by atoms with Crippen LogP contribution in [-0.4, -0.2) is 18.5 Å². The summed E-state index contributed by atoms with van der Waals surface area (Å²) < 4.78 is 5.48. The molecule has 4 nitrogen and oxygen atoms in total. The Labute approximate surface area is 127 Å². The largest absolute Gasteiger partial charge is 0.466 e. The van der Waals surface area contributed by atoms with Crippen LogP contribution in [0.4, 0.5) is 0 Å². The molecule has 0 radical (unpaired) electrons. The predicted molar refractivity (Wildman–Crippen MR) is 86.7 cm³/mol. The van der Waals surface area contributed by atoms with Crippen molar-refractivity contribution in [1.29, 1.82) is 0 Å². The van der Waals surface area contributed by atoms with E-state index in [1.54, 1.807) is 0 Å². The van der Waals surface area contributed by atoms with E-state index in [9.17, 15) is 0 Å². The number of guanidine groups is 1. The Kier molecular flexibility index (Phi) is 8.06. The van der Waals surface area contributed by atoms with E-state index in [1.165, 1.54) is 0 Å². The maximum absolute atomic E-state index is 5.48. The monoisotopic (exact) mass is 365 g/mol. The zero-order valence-corrected chi connectivity index (χ0v) is 14.2. The number of furan rings is 1. The van der Waals surface area contributed by atoms with Gasteiger partial charge in [0.05, 0.1) is 6.54 Å². The van der Waals surface area contributed by atoms with Crippen molar-refractivity contribution in [2.75, 3.05) is 6.54 Å². The molecule has 0 atom stereocenters. The lowest BCUT2D eigenvalue weighted by atomic mass is 10.2. The highest BCUT2D eigenvalue weighted by atomic mass is 127. The molecule has 0 unspecified atom stereocenters. The van der Waals surface area contributed by atoms with Crippen LogP contribution in [0.2, 0.25) is 0 Å². The van der Waals surface area contributed by atoms with E-state index in [1.807, 2.05) is 19.9 Å². The summed E-state index contributed by atoms with van der Waals surface area (Å²) in [6.45, 7) is 11.7. The van der Waals surface area contributed by atoms with Crippen LogP contribution in [0.1, 0.15) is 37.9 Å². The van der Waals surface area contributed by atoms with E-state index in [2.05, 4.69) is 36.4 Å². The Balaban J connectivity index is 0.00000289. The molecule has 2 N–H and O–H groups in total. The molecule has 0 aromatic carbocycles. The molecular weight excluding hydrogens is 341 g/mol. The number of nitrogens with zero attached hydrogens (tertiary/aromatic N) is 1. The van der Waals surface area contributed by atoms with E-state index >= 15 is 0 Å². The second kappa shape index (κ2) is 8.39. The van der Waals surface area contributed by atoms with Gasteiger partial charge in [-0.1, -0.05) is 0 Å². The molecule has 0 aliphatic carbocycles. The first-order valence-corrected chi connectivity index (χ1v) is 6.13. The molecule has 0 fully saturated rings. The number of rotatable bonds is 4. The van der Waals surface area contributed by atoms with E-state index < -0.39 is 0 Å². The van der Waals surface area contributed by atoms with Crippen molar-refractivity contribution < 1.29 is 4.42 Å². The summed E-state index contributed by atoms with van der Waals surface area (Å²) in [5.74, 6) is 2.74. The minimum Gasteiger partial charge on any atom is -0.466 e. The van der Waals surface area contributed by atoms with Crippen molar-refractivity contribution >= 4 is 29.9 Å². The van der Waals surface area contributed by atoms with Crippen molar-refractivity contribution in [1.82, 2.24) is 10.6 Å². The fourth-order valence-corrected chi connectivity index (χ4v) is 1.60. The first kappa shape index (κ1) is 17.3. The zero-order chi connectivity index (χ0) is 12.8. The molecule has 0 aliphatic heterocycles. The third-order valence-electron chi connectivity index (χ3n) is 2.32. The van der Waals surface area contributed by atoms with Crippen molar-refractivity contribution in [3.8, 4) is 0 Å². The zero-order valence-electron chi connectivity index (χ0n) is 11.8. The van der Waals surface area contributed by atoms with Gasteiger partial charge in [-0.3, -0.25) is 0 Å². The molecule has 5 heteroatoms. The molecule has 0 spiro atoms. The second-order valence-corrected chi connectivity index (χ2v) is 4.43. The molecule has 1 aromatic heterocycles. The number of aryl methyl sites for hydroxylation is 2. The standard InChI is InChI=1S/C13H23N3O.HI/c1-6-14-13(16-9(2)3)15-8-12-7-10(4)17-11(12)5;/h7,9H,6,8H2,1-5H3,(H2,14,15,16);1H. The normalized spacial score (nSPS) is 11.3. The number of halogens is 1. The number of nitrogens with one attached hydrogen (secondary N) is 2. The lowest BCUT2D eigenvalue weighted by molar-refractivity contribution is 0.501. The van der Waals surface area contributed by atoms with Crippen LogP contribution in [0.3, 0.4) is 0 Å². The fraction of sp³-hybridized carbons (Fsp3) is 0.615. The molecule has 1 rings (SSSR count). The molecule has 0 bridgehead atoms. The number of hydrogen-bond donors (Lipinski definition) is 2. The average Bonchev–Trinajstić information content (AvgIpc) is 2.53. The second-order valence-electron chi connectivity index (χ2n) is 4.43. The maximum Gasteiger partial charge on any atom is 0.191 e. The summed E-state index contributed by atoms with van der Waals surface area (Å²) in [5, 5.41) is 6.50. The van der Waals surface area contributed by atoms with Crippen LogP contribution in [0.25, 0.3) is 0 Å². The minimum atomic E-state index is 0. The van der Waals surface area contributed by atoms with Crippen LogP contribution < -0.4 is 10.6 Å². The first-order chi connectivity index (χ1) is 8.02. The summed E-state index contributed by atoms with van der Waals surface area (Å²) >= 11 is 0. The minimum absolute atomic E-state index is 0. The van der Waals surface area contributed by atoms with Crippen molar-refractivity contribution in [2.24, 2.45) is 4.99 Å². The lowest BCUT2D eigenvalue weighted by Crippen LogP contribution is -2.41. The van der Waals surface area contributed by atoms with E-state index in [0.717, 1.165) is 29.6 Å². The molecule has 1 aromatic rings. The van der Waals surface area contributed by atoms with Crippen LogP contribution >= 0.6 is 24.0 Å². The van der Waals surface area contributed by atoms with Crippen molar-refractivity contribution in [3.63, 3.8) is 0 Å². The molecule has 1 heterocycles. The van der Waals surface area contributed by atoms with Gasteiger partial charge in [-0.25, -0.2) is 4.99 Å². The molecular formula is C13H24IN3O. The summed E-state index contributed by atoms with van der Waals surface area (Å²) in [4.78, 5) is 4.53. The highest BCUT2D eigenvalue weighted by Crippen LogP contribution is 2.14. The van der Waals surface area contributed by atoms with Crippen LogP contribution in [0.5, 0.6) is 0 Å². The van der Waals surface area contributed by atoms with Gasteiger partial charge >= 0.3 is 0 Å². The number of hydrogen-bond acceptors (Lipinski definition) is 2. The summed E-state index contributed by atoms with van der Waals surface area (Å²) in [7, 11) is 0. The Morgan fingerprint density at radius 3 is 2.50 bits per heavy atom. The summed E-state index contributed by atoms with van der Waals surface area (Å²) in [6.07, 6.45) is 0. The van der Waals surface area contributed by atoms with Crippen LogP contribution in [-0.2, 0) is 6.54 Å². The number of aliphatic imine (C=N–C) groups is 1.